The summed E-state index contributed by atoms with van der Waals surface area (Å²) < 4.78 is 15.4. The number of nitriles is 1. The molecular weight excluding hydrogens is 490 g/mol. The van der Waals surface area contributed by atoms with Gasteiger partial charge in [0.2, 0.25) is 0 Å². The van der Waals surface area contributed by atoms with Crippen LogP contribution >= 0.6 is 11.6 Å². The minimum atomic E-state index is 0.558. The lowest BCUT2D eigenvalue weighted by atomic mass is 9.91. The molecule has 0 saturated carbocycles. The third-order valence-corrected chi connectivity index (χ3v) is 6.30. The molecule has 0 aliphatic heterocycles. The summed E-state index contributed by atoms with van der Waals surface area (Å²) >= 11 is 6.70. The highest BCUT2D eigenvalue weighted by Crippen LogP contribution is 2.34. The van der Waals surface area contributed by atoms with E-state index in [0.717, 1.165) is 54.6 Å². The van der Waals surface area contributed by atoms with Crippen LogP contribution in [0.1, 0.15) is 29.5 Å². The van der Waals surface area contributed by atoms with Crippen LogP contribution in [0.2, 0.25) is 5.02 Å². The molecule has 37 heavy (non-hydrogen) atoms. The van der Waals surface area contributed by atoms with Gasteiger partial charge in [0.25, 0.3) is 0 Å². The van der Waals surface area contributed by atoms with Gasteiger partial charge >= 0.3 is 0 Å². The highest BCUT2D eigenvalue weighted by molar-refractivity contribution is 6.31. The smallest absolute Gasteiger partial charge is 0.137 e. The van der Waals surface area contributed by atoms with Crippen LogP contribution in [0, 0.1) is 11.3 Å². The fourth-order valence-electron chi connectivity index (χ4n) is 4.11. The maximum atomic E-state index is 9.23. The van der Waals surface area contributed by atoms with Gasteiger partial charge in [-0.05, 0) is 66.1 Å². The lowest BCUT2D eigenvalue weighted by Gasteiger charge is -2.18. The van der Waals surface area contributed by atoms with E-state index in [2.05, 4.69) is 32.3 Å². The molecule has 0 spiro atoms. The second kappa shape index (κ2) is 14.2. The molecule has 4 aromatic rings. The molecule has 0 radical (unpaired) electrons. The molecule has 10 heteroatoms. The molecule has 2 aromatic carbocycles. The van der Waals surface area contributed by atoms with Crippen molar-refractivity contribution in [2.45, 2.75) is 38.8 Å². The number of aryl methyl sites for hydroxylation is 2. The summed E-state index contributed by atoms with van der Waals surface area (Å²) in [5, 5.41) is 18.2. The Morgan fingerprint density at radius 1 is 0.784 bits per heavy atom. The number of ether oxygens (including phenoxy) is 2. The van der Waals surface area contributed by atoms with E-state index in [1.807, 2.05) is 30.3 Å². The Hall–Kier alpha value is -3.58. The van der Waals surface area contributed by atoms with E-state index >= 15 is 0 Å². The molecule has 0 aliphatic rings. The van der Waals surface area contributed by atoms with Crippen molar-refractivity contribution in [3.05, 3.63) is 83.4 Å². The van der Waals surface area contributed by atoms with Crippen LogP contribution in [-0.2, 0) is 35.4 Å². The third kappa shape index (κ3) is 7.95. The van der Waals surface area contributed by atoms with E-state index in [4.69, 9.17) is 21.1 Å². The van der Waals surface area contributed by atoms with Crippen LogP contribution in [0.5, 0.6) is 0 Å². The Balaban J connectivity index is 1.37. The molecule has 0 atom stereocenters. The first-order valence-electron chi connectivity index (χ1n) is 12.4. The molecule has 0 saturated heterocycles. The first-order valence-corrected chi connectivity index (χ1v) is 12.7. The zero-order chi connectivity index (χ0) is 25.7. The Kier molecular flexibility index (Phi) is 10.2. The summed E-state index contributed by atoms with van der Waals surface area (Å²) in [4.78, 5) is 7.91. The Morgan fingerprint density at radius 2 is 1.41 bits per heavy atom. The second-order valence-electron chi connectivity index (χ2n) is 8.50. The van der Waals surface area contributed by atoms with E-state index in [1.165, 1.54) is 12.7 Å². The SMILES string of the molecule is N#Cc1ccc(-c2c(CCOCCCn3cncn3)ccc(Cl)c2CCOCCCn2cncn2)cc1. The normalized spacial score (nSPS) is 11.0. The number of benzene rings is 2. The van der Waals surface area contributed by atoms with Crippen LogP contribution in [-0.4, -0.2) is 56.0 Å². The fraction of sp³-hybridized carbons (Fsp3) is 0.370. The van der Waals surface area contributed by atoms with Gasteiger partial charge in [0.05, 0.1) is 24.8 Å². The largest absolute Gasteiger partial charge is 0.381 e. The van der Waals surface area contributed by atoms with E-state index in [9.17, 15) is 5.26 Å². The molecular formula is C27H30ClN7O2. The van der Waals surface area contributed by atoms with Crippen LogP contribution in [0.15, 0.2) is 61.7 Å². The van der Waals surface area contributed by atoms with Crippen molar-refractivity contribution in [1.82, 2.24) is 29.5 Å². The zero-order valence-electron chi connectivity index (χ0n) is 20.7. The summed E-state index contributed by atoms with van der Waals surface area (Å²) in [6.07, 6.45) is 9.64. The molecule has 0 N–H and O–H groups in total. The first-order chi connectivity index (χ1) is 18.2. The maximum absolute atomic E-state index is 9.23. The molecule has 0 amide bonds. The molecule has 0 bridgehead atoms. The highest BCUT2D eigenvalue weighted by atomic mass is 35.5. The van der Waals surface area contributed by atoms with Crippen molar-refractivity contribution >= 4 is 11.6 Å². The van der Waals surface area contributed by atoms with Crippen LogP contribution in [0.25, 0.3) is 11.1 Å². The number of halogens is 1. The van der Waals surface area contributed by atoms with Crippen LogP contribution in [0.4, 0.5) is 0 Å². The van der Waals surface area contributed by atoms with Gasteiger partial charge < -0.3 is 9.47 Å². The van der Waals surface area contributed by atoms with Gasteiger partial charge in [0.15, 0.2) is 0 Å². The first kappa shape index (κ1) is 26.5. The molecule has 9 nitrogen and oxygen atoms in total. The van der Waals surface area contributed by atoms with Crippen molar-refractivity contribution < 1.29 is 9.47 Å². The van der Waals surface area contributed by atoms with Crippen molar-refractivity contribution in [2.75, 3.05) is 26.4 Å². The van der Waals surface area contributed by atoms with Crippen LogP contribution in [0.3, 0.4) is 0 Å². The van der Waals surface area contributed by atoms with Crippen molar-refractivity contribution in [2.24, 2.45) is 0 Å². The predicted molar refractivity (Wildman–Crippen MR) is 140 cm³/mol. The molecule has 0 aliphatic carbocycles. The van der Waals surface area contributed by atoms with Gasteiger partial charge in [0, 0.05) is 31.3 Å². The number of nitrogens with zero attached hydrogens (tertiary/aromatic N) is 7. The molecule has 2 heterocycles. The van der Waals surface area contributed by atoms with Gasteiger partial charge in [-0.2, -0.15) is 15.5 Å². The van der Waals surface area contributed by atoms with E-state index in [1.54, 1.807) is 22.0 Å². The summed E-state index contributed by atoms with van der Waals surface area (Å²) in [6.45, 7) is 3.98. The standard InChI is InChI=1S/C27H30ClN7O2/c28-26-8-7-24(9-15-36-13-1-11-34-20-30-18-32-34)27(23-5-3-22(17-29)4-6-23)25(26)10-16-37-14-2-12-35-21-31-19-33-35/h3-8,18-21H,1-2,9-16H2. The number of hydrogen-bond acceptors (Lipinski definition) is 7. The predicted octanol–water partition coefficient (Wildman–Crippen LogP) is 4.36. The lowest BCUT2D eigenvalue weighted by molar-refractivity contribution is 0.130. The van der Waals surface area contributed by atoms with Gasteiger partial charge in [-0.1, -0.05) is 29.8 Å². The van der Waals surface area contributed by atoms with Crippen molar-refractivity contribution in [1.29, 1.82) is 5.26 Å². The van der Waals surface area contributed by atoms with E-state index in [0.29, 0.717) is 43.4 Å². The Bertz CT molecular complexity index is 1250. The van der Waals surface area contributed by atoms with E-state index in [-0.39, 0.29) is 0 Å². The van der Waals surface area contributed by atoms with Gasteiger partial charge in [-0.3, -0.25) is 9.36 Å². The minimum absolute atomic E-state index is 0.558. The topological polar surface area (TPSA) is 104 Å². The van der Waals surface area contributed by atoms with Gasteiger partial charge in [-0.15, -0.1) is 0 Å². The van der Waals surface area contributed by atoms with Crippen molar-refractivity contribution in [3.63, 3.8) is 0 Å². The van der Waals surface area contributed by atoms with Gasteiger partial charge in [-0.25, -0.2) is 9.97 Å². The third-order valence-electron chi connectivity index (χ3n) is 5.94. The fourth-order valence-corrected chi connectivity index (χ4v) is 4.36. The number of hydrogen-bond donors (Lipinski definition) is 0. The Morgan fingerprint density at radius 3 is 1.97 bits per heavy atom. The molecule has 192 valence electrons. The minimum Gasteiger partial charge on any atom is -0.381 e. The Labute approximate surface area is 221 Å². The van der Waals surface area contributed by atoms with E-state index < -0.39 is 0 Å². The summed E-state index contributed by atoms with van der Waals surface area (Å²) in [5.74, 6) is 0. The molecule has 2 aromatic heterocycles. The van der Waals surface area contributed by atoms with Crippen LogP contribution < -0.4 is 0 Å². The van der Waals surface area contributed by atoms with Crippen molar-refractivity contribution in [3.8, 4) is 17.2 Å². The molecule has 4 rings (SSSR count). The summed E-state index contributed by atoms with van der Waals surface area (Å²) in [7, 11) is 0. The molecule has 0 fully saturated rings. The average molecular weight is 520 g/mol. The number of aromatic nitrogens is 6. The zero-order valence-corrected chi connectivity index (χ0v) is 21.4. The second-order valence-corrected chi connectivity index (χ2v) is 8.91. The summed E-state index contributed by atoms with van der Waals surface area (Å²) in [5.41, 5.74) is 4.96. The number of rotatable bonds is 15. The quantitative estimate of drug-likeness (QED) is 0.215. The maximum Gasteiger partial charge on any atom is 0.137 e. The lowest BCUT2D eigenvalue weighted by Crippen LogP contribution is -2.08. The highest BCUT2D eigenvalue weighted by Gasteiger charge is 2.15. The monoisotopic (exact) mass is 519 g/mol. The van der Waals surface area contributed by atoms with Gasteiger partial charge in [0.1, 0.15) is 25.3 Å². The average Bonchev–Trinajstić information content (AvgIpc) is 3.64. The molecule has 0 unspecified atom stereocenters. The summed E-state index contributed by atoms with van der Waals surface area (Å²) in [6, 6.07) is 13.8.